The molecule has 7 heteroatoms. The molecule has 29 heavy (non-hydrogen) atoms. The smallest absolute Gasteiger partial charge is 0.241 e. The van der Waals surface area contributed by atoms with Gasteiger partial charge in [0.05, 0.1) is 25.9 Å². The first-order valence-electron chi connectivity index (χ1n) is 9.79. The van der Waals surface area contributed by atoms with Crippen molar-refractivity contribution in [2.75, 3.05) is 50.6 Å². The number of halogens is 1. The number of methoxy groups -OCH3 is 2. The number of hydrogen-bond donors (Lipinski definition) is 1. The third kappa shape index (κ3) is 5.17. The lowest BCUT2D eigenvalue weighted by molar-refractivity contribution is -0.120. The first-order chi connectivity index (χ1) is 14.0. The van der Waals surface area contributed by atoms with Crippen LogP contribution >= 0.6 is 0 Å². The Morgan fingerprint density at radius 2 is 1.79 bits per heavy atom. The van der Waals surface area contributed by atoms with Gasteiger partial charge in [-0.3, -0.25) is 9.69 Å². The number of nitrogens with zero attached hydrogens (tertiary/aromatic N) is 2. The van der Waals surface area contributed by atoms with Crippen LogP contribution in [0.15, 0.2) is 42.5 Å². The first-order valence-corrected chi connectivity index (χ1v) is 9.79. The van der Waals surface area contributed by atoms with E-state index in [4.69, 9.17) is 9.47 Å². The van der Waals surface area contributed by atoms with Gasteiger partial charge in [0.15, 0.2) is 0 Å². The molecular weight excluding hydrogens is 373 g/mol. The minimum atomic E-state index is -0.282. The van der Waals surface area contributed by atoms with Crippen LogP contribution < -0.4 is 19.7 Å². The van der Waals surface area contributed by atoms with Gasteiger partial charge < -0.3 is 19.7 Å². The van der Waals surface area contributed by atoms with Crippen LogP contribution in [0.4, 0.5) is 15.8 Å². The van der Waals surface area contributed by atoms with Crippen molar-refractivity contribution < 1.29 is 18.7 Å². The maximum Gasteiger partial charge on any atom is 0.241 e. The van der Waals surface area contributed by atoms with E-state index < -0.39 is 0 Å². The molecule has 2 aromatic carbocycles. The van der Waals surface area contributed by atoms with Crippen molar-refractivity contribution in [2.24, 2.45) is 0 Å². The largest absolute Gasteiger partial charge is 0.497 e. The zero-order chi connectivity index (χ0) is 20.8. The Morgan fingerprint density at radius 1 is 1.03 bits per heavy atom. The van der Waals surface area contributed by atoms with Gasteiger partial charge in [-0.1, -0.05) is 0 Å². The molecule has 0 spiro atoms. The van der Waals surface area contributed by atoms with E-state index in [9.17, 15) is 9.18 Å². The Morgan fingerprint density at radius 3 is 2.48 bits per heavy atom. The highest BCUT2D eigenvalue weighted by atomic mass is 19.1. The molecule has 1 amide bonds. The molecule has 1 aliphatic heterocycles. The van der Waals surface area contributed by atoms with Gasteiger partial charge in [0.2, 0.25) is 5.91 Å². The molecule has 1 unspecified atom stereocenters. The average molecular weight is 401 g/mol. The van der Waals surface area contributed by atoms with E-state index in [0.29, 0.717) is 17.2 Å². The normalized spacial score (nSPS) is 16.1. The molecule has 1 aliphatic rings. The predicted octanol–water partition coefficient (Wildman–Crippen LogP) is 3.38. The number of rotatable bonds is 6. The van der Waals surface area contributed by atoms with E-state index in [-0.39, 0.29) is 17.8 Å². The number of carbonyl (C=O) groups excluding carboxylic acids is 1. The van der Waals surface area contributed by atoms with Crippen molar-refractivity contribution in [3.05, 3.63) is 48.3 Å². The molecule has 1 N–H and O–H groups in total. The number of ether oxygens (including phenoxy) is 2. The van der Waals surface area contributed by atoms with Crippen LogP contribution in [0.1, 0.15) is 13.3 Å². The quantitative estimate of drug-likeness (QED) is 0.804. The highest BCUT2D eigenvalue weighted by Crippen LogP contribution is 2.29. The number of hydrogen-bond acceptors (Lipinski definition) is 5. The minimum Gasteiger partial charge on any atom is -0.497 e. The molecule has 3 rings (SSSR count). The third-order valence-electron chi connectivity index (χ3n) is 5.32. The minimum absolute atomic E-state index is 0.0799. The summed E-state index contributed by atoms with van der Waals surface area (Å²) >= 11 is 0. The van der Waals surface area contributed by atoms with Crippen molar-refractivity contribution in [3.63, 3.8) is 0 Å². The Kier molecular flexibility index (Phi) is 6.93. The second kappa shape index (κ2) is 9.60. The number of amides is 1. The molecule has 0 aromatic heterocycles. The van der Waals surface area contributed by atoms with E-state index in [1.165, 1.54) is 12.1 Å². The monoisotopic (exact) mass is 401 g/mol. The second-order valence-electron chi connectivity index (χ2n) is 7.08. The van der Waals surface area contributed by atoms with E-state index in [0.717, 1.165) is 38.3 Å². The summed E-state index contributed by atoms with van der Waals surface area (Å²) in [5, 5.41) is 2.96. The van der Waals surface area contributed by atoms with Crippen molar-refractivity contribution >= 4 is 17.3 Å². The molecule has 0 bridgehead atoms. The standard InChI is InChI=1S/C22H28FN3O3/c1-16(22(27)24-20-10-9-19(28-2)15-21(20)29-3)25-11-4-12-26(14-13-25)18-7-5-17(23)6-8-18/h5-10,15-16H,4,11-14H2,1-3H3,(H,24,27). The third-order valence-corrected chi connectivity index (χ3v) is 5.32. The molecule has 0 saturated carbocycles. The van der Waals surface area contributed by atoms with Crippen molar-refractivity contribution in [3.8, 4) is 11.5 Å². The van der Waals surface area contributed by atoms with Gasteiger partial charge in [-0.05, 0) is 49.7 Å². The van der Waals surface area contributed by atoms with Gasteiger partial charge in [-0.15, -0.1) is 0 Å². The van der Waals surface area contributed by atoms with Gasteiger partial charge in [-0.2, -0.15) is 0 Å². The Hall–Kier alpha value is -2.80. The fourth-order valence-corrected chi connectivity index (χ4v) is 3.54. The summed E-state index contributed by atoms with van der Waals surface area (Å²) in [6, 6.07) is 11.6. The lowest BCUT2D eigenvalue weighted by Gasteiger charge is -2.27. The Labute approximate surface area is 171 Å². The fourth-order valence-electron chi connectivity index (χ4n) is 3.54. The second-order valence-corrected chi connectivity index (χ2v) is 7.08. The topological polar surface area (TPSA) is 54.0 Å². The zero-order valence-electron chi connectivity index (χ0n) is 17.2. The van der Waals surface area contributed by atoms with E-state index in [1.54, 1.807) is 44.6 Å². The van der Waals surface area contributed by atoms with E-state index in [2.05, 4.69) is 15.1 Å². The fraction of sp³-hybridized carbons (Fsp3) is 0.409. The predicted molar refractivity (Wildman–Crippen MR) is 112 cm³/mol. The van der Waals surface area contributed by atoms with Gasteiger partial charge in [-0.25, -0.2) is 4.39 Å². The molecule has 0 radical (unpaired) electrons. The van der Waals surface area contributed by atoms with E-state index >= 15 is 0 Å². The number of nitrogens with one attached hydrogen (secondary N) is 1. The van der Waals surface area contributed by atoms with E-state index in [1.807, 2.05) is 6.92 Å². The molecule has 1 fully saturated rings. The number of benzene rings is 2. The van der Waals surface area contributed by atoms with Crippen molar-refractivity contribution in [1.29, 1.82) is 0 Å². The molecule has 156 valence electrons. The molecule has 1 saturated heterocycles. The zero-order valence-corrected chi connectivity index (χ0v) is 17.2. The van der Waals surface area contributed by atoms with Gasteiger partial charge in [0.25, 0.3) is 0 Å². The van der Waals surface area contributed by atoms with Gasteiger partial charge in [0, 0.05) is 37.9 Å². The molecule has 1 atom stereocenters. The lowest BCUT2D eigenvalue weighted by Crippen LogP contribution is -2.44. The lowest BCUT2D eigenvalue weighted by atomic mass is 10.2. The van der Waals surface area contributed by atoms with Crippen LogP contribution in [0.2, 0.25) is 0 Å². The van der Waals surface area contributed by atoms with Crippen LogP contribution in [-0.2, 0) is 4.79 Å². The highest BCUT2D eigenvalue weighted by molar-refractivity contribution is 5.96. The van der Waals surface area contributed by atoms with Crippen LogP contribution in [0.25, 0.3) is 0 Å². The molecule has 0 aliphatic carbocycles. The van der Waals surface area contributed by atoms with Crippen molar-refractivity contribution in [2.45, 2.75) is 19.4 Å². The molecular formula is C22H28FN3O3. The van der Waals surface area contributed by atoms with Crippen LogP contribution in [0, 0.1) is 5.82 Å². The van der Waals surface area contributed by atoms with Crippen LogP contribution in [-0.4, -0.2) is 57.2 Å². The Balaban J connectivity index is 1.62. The van der Waals surface area contributed by atoms with Gasteiger partial charge >= 0.3 is 0 Å². The Bertz CT molecular complexity index is 829. The van der Waals surface area contributed by atoms with Crippen LogP contribution in [0.3, 0.4) is 0 Å². The van der Waals surface area contributed by atoms with Gasteiger partial charge in [0.1, 0.15) is 17.3 Å². The summed E-state index contributed by atoms with van der Waals surface area (Å²) in [5.41, 5.74) is 1.63. The summed E-state index contributed by atoms with van der Waals surface area (Å²) in [5.74, 6) is 0.915. The summed E-state index contributed by atoms with van der Waals surface area (Å²) in [6.45, 7) is 5.16. The average Bonchev–Trinajstić information content (AvgIpc) is 3.00. The maximum absolute atomic E-state index is 13.2. The summed E-state index contributed by atoms with van der Waals surface area (Å²) in [7, 11) is 3.15. The molecule has 2 aromatic rings. The highest BCUT2D eigenvalue weighted by Gasteiger charge is 2.25. The summed E-state index contributed by atoms with van der Waals surface area (Å²) < 4.78 is 23.7. The van der Waals surface area contributed by atoms with Crippen molar-refractivity contribution in [1.82, 2.24) is 4.90 Å². The summed E-state index contributed by atoms with van der Waals surface area (Å²) in [4.78, 5) is 17.2. The number of carbonyl (C=O) groups is 1. The summed E-state index contributed by atoms with van der Waals surface area (Å²) in [6.07, 6.45) is 0.931. The SMILES string of the molecule is COc1ccc(NC(=O)C(C)N2CCCN(c3ccc(F)cc3)CC2)c(OC)c1. The first kappa shape index (κ1) is 20.9. The van der Waals surface area contributed by atoms with Crippen LogP contribution in [0.5, 0.6) is 11.5 Å². The molecule has 6 nitrogen and oxygen atoms in total. The number of anilines is 2. The molecule has 1 heterocycles. The maximum atomic E-state index is 13.2.